The van der Waals surface area contributed by atoms with Crippen LogP contribution in [0.2, 0.25) is 0 Å². The van der Waals surface area contributed by atoms with Crippen LogP contribution in [0, 0.1) is 0 Å². The minimum atomic E-state index is 0.923. The summed E-state index contributed by atoms with van der Waals surface area (Å²) in [5.41, 5.74) is 8.14. The van der Waals surface area contributed by atoms with Gasteiger partial charge < -0.3 is 4.42 Å². The van der Waals surface area contributed by atoms with Crippen LogP contribution in [0.1, 0.15) is 0 Å². The van der Waals surface area contributed by atoms with E-state index in [0.29, 0.717) is 0 Å². The second-order valence-corrected chi connectivity index (χ2v) is 13.1. The van der Waals surface area contributed by atoms with Crippen LogP contribution in [0.3, 0.4) is 0 Å². The molecule has 2 heterocycles. The predicted octanol–water partition coefficient (Wildman–Crippen LogP) is 13.3. The van der Waals surface area contributed by atoms with Crippen LogP contribution in [0.25, 0.3) is 97.0 Å². The molecule has 0 fully saturated rings. The lowest BCUT2D eigenvalue weighted by atomic mass is 9.84. The van der Waals surface area contributed by atoms with E-state index >= 15 is 0 Å². The van der Waals surface area contributed by atoms with Crippen molar-refractivity contribution in [2.75, 3.05) is 0 Å². The highest BCUT2D eigenvalue weighted by atomic mass is 32.1. The zero-order valence-corrected chi connectivity index (χ0v) is 25.6. The Hall–Kier alpha value is -5.70. The monoisotopic (exact) mass is 602 g/mol. The molecule has 2 heteroatoms. The van der Waals surface area contributed by atoms with Gasteiger partial charge in [-0.1, -0.05) is 133 Å². The van der Waals surface area contributed by atoms with Gasteiger partial charge in [-0.3, -0.25) is 0 Å². The molecule has 0 radical (unpaired) electrons. The highest BCUT2D eigenvalue weighted by molar-refractivity contribution is 7.23. The lowest BCUT2D eigenvalue weighted by molar-refractivity contribution is 0.673. The zero-order valence-electron chi connectivity index (χ0n) is 24.8. The van der Waals surface area contributed by atoms with Gasteiger partial charge in [0.1, 0.15) is 5.58 Å². The quantitative estimate of drug-likeness (QED) is 0.183. The van der Waals surface area contributed by atoms with E-state index < -0.39 is 0 Å². The molecule has 1 nitrogen and oxygen atoms in total. The van der Waals surface area contributed by atoms with Crippen molar-refractivity contribution in [2.24, 2.45) is 0 Å². The van der Waals surface area contributed by atoms with Crippen LogP contribution in [-0.2, 0) is 0 Å². The Balaban J connectivity index is 1.37. The van der Waals surface area contributed by atoms with Crippen LogP contribution in [-0.4, -0.2) is 0 Å². The molecular formula is C44H26OS. The lowest BCUT2D eigenvalue weighted by Crippen LogP contribution is -1.91. The van der Waals surface area contributed by atoms with Gasteiger partial charge in [-0.15, -0.1) is 11.3 Å². The molecule has 46 heavy (non-hydrogen) atoms. The van der Waals surface area contributed by atoms with Crippen LogP contribution in [0.15, 0.2) is 162 Å². The lowest BCUT2D eigenvalue weighted by Gasteiger charge is -2.18. The Morgan fingerprint density at radius 3 is 1.74 bits per heavy atom. The van der Waals surface area contributed by atoms with Crippen molar-refractivity contribution in [3.05, 3.63) is 158 Å². The van der Waals surface area contributed by atoms with E-state index in [-0.39, 0.29) is 0 Å². The number of furan rings is 1. The average Bonchev–Trinajstić information content (AvgIpc) is 3.73. The van der Waals surface area contributed by atoms with E-state index in [0.717, 1.165) is 21.9 Å². The molecule has 0 amide bonds. The minimum absolute atomic E-state index is 0.923. The molecule has 0 saturated heterocycles. The van der Waals surface area contributed by atoms with Crippen molar-refractivity contribution < 1.29 is 4.42 Å². The van der Waals surface area contributed by atoms with E-state index in [2.05, 4.69) is 158 Å². The minimum Gasteiger partial charge on any atom is -0.455 e. The van der Waals surface area contributed by atoms with E-state index in [4.69, 9.17) is 4.42 Å². The fourth-order valence-electron chi connectivity index (χ4n) is 7.39. The van der Waals surface area contributed by atoms with Crippen LogP contribution in [0.4, 0.5) is 0 Å². The van der Waals surface area contributed by atoms with Crippen LogP contribution < -0.4 is 0 Å². The molecule has 0 saturated carbocycles. The zero-order chi connectivity index (χ0) is 30.2. The summed E-state index contributed by atoms with van der Waals surface area (Å²) in [6, 6.07) is 57.3. The van der Waals surface area contributed by atoms with Crippen molar-refractivity contribution in [3.8, 4) is 32.7 Å². The van der Waals surface area contributed by atoms with Gasteiger partial charge in [0, 0.05) is 21.0 Å². The van der Waals surface area contributed by atoms with Crippen molar-refractivity contribution in [2.45, 2.75) is 0 Å². The molecule has 214 valence electrons. The summed E-state index contributed by atoms with van der Waals surface area (Å²) in [5, 5.41) is 11.1. The van der Waals surface area contributed by atoms with Gasteiger partial charge in [-0.2, -0.15) is 0 Å². The molecule has 0 aliphatic heterocycles. The van der Waals surface area contributed by atoms with E-state index in [9.17, 15) is 0 Å². The summed E-state index contributed by atoms with van der Waals surface area (Å²) in [5.74, 6) is 0. The highest BCUT2D eigenvalue weighted by Gasteiger charge is 2.22. The molecule has 0 bridgehead atoms. The number of para-hydroxylation sites is 1. The highest BCUT2D eigenvalue weighted by Crippen LogP contribution is 2.50. The Morgan fingerprint density at radius 1 is 0.391 bits per heavy atom. The fourth-order valence-corrected chi connectivity index (χ4v) is 8.56. The second-order valence-electron chi connectivity index (χ2n) is 12.0. The maximum atomic E-state index is 6.60. The molecule has 10 rings (SSSR count). The summed E-state index contributed by atoms with van der Waals surface area (Å²) in [6.07, 6.45) is 0. The molecule has 10 aromatic rings. The van der Waals surface area contributed by atoms with Gasteiger partial charge in [0.2, 0.25) is 0 Å². The second kappa shape index (κ2) is 9.90. The van der Waals surface area contributed by atoms with E-state index in [1.165, 1.54) is 75.1 Å². The Morgan fingerprint density at radius 2 is 1.00 bits per heavy atom. The maximum absolute atomic E-state index is 6.60. The van der Waals surface area contributed by atoms with Gasteiger partial charge in [0.25, 0.3) is 0 Å². The average molecular weight is 603 g/mol. The number of thiophene rings is 1. The van der Waals surface area contributed by atoms with Crippen molar-refractivity contribution in [1.29, 1.82) is 0 Å². The molecule has 0 aliphatic rings. The Kier molecular flexibility index (Phi) is 5.51. The van der Waals surface area contributed by atoms with E-state index in [1.807, 2.05) is 11.3 Å². The standard InChI is InChI=1S/C44H26OS/c1-2-13-28(14-3-1)40-26-38-36(25-37-31-16-10-11-21-39(31)45-43(37)44(38)46-40)42-34-19-8-6-17-32(34)41(33-18-7-9-20-35(33)42)30-23-22-27-12-4-5-15-29(27)24-30/h1-26H. The number of hydrogen-bond donors (Lipinski definition) is 0. The SMILES string of the molecule is c1ccc(-c2cc3c(-c4c5ccccc5c(-c5ccc6ccccc6c5)c5ccccc45)cc4c5ccccc5oc4c3s2)cc1. The van der Waals surface area contributed by atoms with Gasteiger partial charge in [-0.05, 0) is 84.4 Å². The van der Waals surface area contributed by atoms with Crippen LogP contribution in [0.5, 0.6) is 0 Å². The summed E-state index contributed by atoms with van der Waals surface area (Å²) in [7, 11) is 0. The van der Waals surface area contributed by atoms with Gasteiger partial charge in [-0.25, -0.2) is 0 Å². The van der Waals surface area contributed by atoms with Gasteiger partial charge >= 0.3 is 0 Å². The van der Waals surface area contributed by atoms with Crippen molar-refractivity contribution >= 4 is 75.7 Å². The third-order valence-electron chi connectivity index (χ3n) is 9.45. The summed E-state index contributed by atoms with van der Waals surface area (Å²) in [4.78, 5) is 1.24. The van der Waals surface area contributed by atoms with Gasteiger partial charge in [0.05, 0.1) is 4.70 Å². The first-order chi connectivity index (χ1) is 22.8. The molecule has 0 atom stereocenters. The molecule has 0 aliphatic carbocycles. The topological polar surface area (TPSA) is 13.1 Å². The number of fused-ring (bicyclic) bond motifs is 8. The smallest absolute Gasteiger partial charge is 0.153 e. The molecular weight excluding hydrogens is 577 g/mol. The van der Waals surface area contributed by atoms with Crippen molar-refractivity contribution in [3.63, 3.8) is 0 Å². The number of benzene rings is 8. The van der Waals surface area contributed by atoms with Crippen molar-refractivity contribution in [1.82, 2.24) is 0 Å². The third kappa shape index (κ3) is 3.74. The molecule has 0 unspecified atom stereocenters. The predicted molar refractivity (Wildman–Crippen MR) is 198 cm³/mol. The Labute approximate surface area is 269 Å². The Bertz CT molecular complexity index is 2740. The van der Waals surface area contributed by atoms with Gasteiger partial charge in [0.15, 0.2) is 5.58 Å². The normalized spacial score (nSPS) is 11.9. The van der Waals surface area contributed by atoms with E-state index in [1.54, 1.807) is 0 Å². The first kappa shape index (κ1) is 25.6. The fraction of sp³-hybridized carbons (Fsp3) is 0. The van der Waals surface area contributed by atoms with Crippen LogP contribution >= 0.6 is 11.3 Å². The number of hydrogen-bond acceptors (Lipinski definition) is 2. The number of rotatable bonds is 3. The third-order valence-corrected chi connectivity index (χ3v) is 10.6. The summed E-state index contributed by atoms with van der Waals surface area (Å²) in [6.45, 7) is 0. The molecule has 8 aromatic carbocycles. The maximum Gasteiger partial charge on any atom is 0.153 e. The molecule has 0 N–H and O–H groups in total. The largest absolute Gasteiger partial charge is 0.455 e. The summed E-state index contributed by atoms with van der Waals surface area (Å²) >= 11 is 1.82. The molecule has 2 aromatic heterocycles. The first-order valence-electron chi connectivity index (χ1n) is 15.7. The first-order valence-corrected chi connectivity index (χ1v) is 16.5. The summed E-state index contributed by atoms with van der Waals surface area (Å²) < 4.78 is 7.79. The molecule has 0 spiro atoms.